The van der Waals surface area contributed by atoms with Gasteiger partial charge in [-0.05, 0) is 30.7 Å². The van der Waals surface area contributed by atoms with Crippen LogP contribution in [0.4, 0.5) is 8.78 Å². The Kier molecular flexibility index (Phi) is 4.20. The van der Waals surface area contributed by atoms with Gasteiger partial charge in [-0.15, -0.1) is 0 Å². The number of pyridine rings is 1. The predicted octanol–water partition coefficient (Wildman–Crippen LogP) is 2.80. The second-order valence-electron chi connectivity index (χ2n) is 5.13. The van der Waals surface area contributed by atoms with Crippen LogP contribution in [-0.2, 0) is 18.6 Å². The molecule has 22 heavy (non-hydrogen) atoms. The van der Waals surface area contributed by atoms with E-state index in [1.165, 1.54) is 17.8 Å². The molecular weight excluding hydrogens is 308 g/mol. The van der Waals surface area contributed by atoms with Crippen molar-refractivity contribution in [3.8, 4) is 5.75 Å². The quantitative estimate of drug-likeness (QED) is 0.693. The van der Waals surface area contributed by atoms with Crippen molar-refractivity contribution in [2.24, 2.45) is 0 Å². The van der Waals surface area contributed by atoms with Crippen molar-refractivity contribution in [2.45, 2.75) is 30.0 Å². The standard InChI is InChI=1S/C16H15F2NO2S/c1-21-19-13-7-3-5-11(13)14(20)8-15(19)22-9-10-4-2-6-12(17)16(10)18/h2,4,6,8H,3,5,7,9H2,1H3/p+1. The fourth-order valence-corrected chi connectivity index (χ4v) is 3.76. The molecule has 0 amide bonds. The number of aromatic nitrogens is 1. The second kappa shape index (κ2) is 6.12. The van der Waals surface area contributed by atoms with E-state index in [9.17, 15) is 13.9 Å². The maximum Gasteiger partial charge on any atom is 0.295 e. The third-order valence-corrected chi connectivity index (χ3v) is 4.83. The van der Waals surface area contributed by atoms with E-state index in [2.05, 4.69) is 0 Å². The summed E-state index contributed by atoms with van der Waals surface area (Å²) in [6.45, 7) is 0. The largest absolute Gasteiger partial charge is 0.507 e. The molecule has 1 N–H and O–H groups in total. The lowest BCUT2D eigenvalue weighted by Gasteiger charge is -2.07. The van der Waals surface area contributed by atoms with Crippen molar-refractivity contribution in [1.82, 2.24) is 0 Å². The van der Waals surface area contributed by atoms with Gasteiger partial charge in [0.1, 0.15) is 12.9 Å². The minimum Gasteiger partial charge on any atom is -0.507 e. The molecule has 0 spiro atoms. The number of fused-ring (bicyclic) bond motifs is 1. The summed E-state index contributed by atoms with van der Waals surface area (Å²) >= 11 is 1.30. The fraction of sp³-hybridized carbons (Fsp3) is 0.312. The first-order chi connectivity index (χ1) is 10.6. The van der Waals surface area contributed by atoms with Crippen LogP contribution in [0.5, 0.6) is 5.75 Å². The average molecular weight is 324 g/mol. The molecular formula is C16H16F2NO2S+. The number of rotatable bonds is 4. The molecule has 1 heterocycles. The normalized spacial score (nSPS) is 13.2. The first-order valence-electron chi connectivity index (χ1n) is 7.01. The van der Waals surface area contributed by atoms with Crippen LogP contribution >= 0.6 is 11.8 Å². The number of thioether (sulfide) groups is 1. The predicted molar refractivity (Wildman–Crippen MR) is 78.7 cm³/mol. The number of hydrogen-bond acceptors (Lipinski definition) is 3. The van der Waals surface area contributed by atoms with Gasteiger partial charge in [-0.1, -0.05) is 12.1 Å². The molecule has 0 fully saturated rings. The third kappa shape index (κ3) is 2.63. The minimum atomic E-state index is -0.852. The Morgan fingerprint density at radius 2 is 2.14 bits per heavy atom. The van der Waals surface area contributed by atoms with Crippen molar-refractivity contribution in [1.29, 1.82) is 0 Å². The Labute approximate surface area is 131 Å². The van der Waals surface area contributed by atoms with Crippen LogP contribution < -0.4 is 9.57 Å². The molecule has 2 aromatic rings. The van der Waals surface area contributed by atoms with Crippen LogP contribution in [0.1, 0.15) is 23.2 Å². The Hall–Kier alpha value is -1.82. The van der Waals surface area contributed by atoms with Gasteiger partial charge in [0.25, 0.3) is 5.03 Å². The maximum atomic E-state index is 13.7. The molecule has 6 heteroatoms. The van der Waals surface area contributed by atoms with Crippen LogP contribution in [0.2, 0.25) is 0 Å². The molecule has 1 aromatic carbocycles. The van der Waals surface area contributed by atoms with Gasteiger partial charge in [-0.2, -0.15) is 0 Å². The van der Waals surface area contributed by atoms with Crippen LogP contribution in [0.25, 0.3) is 0 Å². The number of aromatic hydroxyl groups is 1. The number of halogens is 2. The highest BCUT2D eigenvalue weighted by atomic mass is 32.2. The van der Waals surface area contributed by atoms with E-state index < -0.39 is 11.6 Å². The van der Waals surface area contributed by atoms with Gasteiger partial charge in [0, 0.05) is 22.5 Å². The van der Waals surface area contributed by atoms with Gasteiger partial charge >= 0.3 is 0 Å². The fourth-order valence-electron chi connectivity index (χ4n) is 2.74. The van der Waals surface area contributed by atoms with Crippen LogP contribution in [-0.4, -0.2) is 12.2 Å². The smallest absolute Gasteiger partial charge is 0.295 e. The lowest BCUT2D eigenvalue weighted by molar-refractivity contribution is -0.918. The molecule has 116 valence electrons. The van der Waals surface area contributed by atoms with Gasteiger partial charge in [0.05, 0.1) is 11.6 Å². The molecule has 0 saturated heterocycles. The first kappa shape index (κ1) is 15.1. The maximum absolute atomic E-state index is 13.7. The van der Waals surface area contributed by atoms with Crippen molar-refractivity contribution in [3.05, 3.63) is 52.7 Å². The molecule has 0 unspecified atom stereocenters. The Morgan fingerprint density at radius 3 is 2.91 bits per heavy atom. The van der Waals surface area contributed by atoms with Gasteiger partial charge in [-0.3, -0.25) is 4.84 Å². The zero-order valence-electron chi connectivity index (χ0n) is 12.1. The van der Waals surface area contributed by atoms with Crippen LogP contribution in [0, 0.1) is 11.6 Å². The van der Waals surface area contributed by atoms with Gasteiger partial charge in [0.15, 0.2) is 11.6 Å². The van der Waals surface area contributed by atoms with Crippen molar-refractivity contribution < 1.29 is 23.5 Å². The van der Waals surface area contributed by atoms with E-state index in [1.807, 2.05) is 0 Å². The molecule has 1 aliphatic rings. The molecule has 0 radical (unpaired) electrons. The number of benzene rings is 1. The molecule has 1 aliphatic carbocycles. The summed E-state index contributed by atoms with van der Waals surface area (Å²) in [5, 5.41) is 10.8. The zero-order chi connectivity index (χ0) is 15.7. The minimum absolute atomic E-state index is 0.239. The zero-order valence-corrected chi connectivity index (χ0v) is 12.9. The summed E-state index contributed by atoms with van der Waals surface area (Å²) in [4.78, 5) is 5.40. The van der Waals surface area contributed by atoms with Crippen LogP contribution in [0.3, 0.4) is 0 Å². The highest BCUT2D eigenvalue weighted by Gasteiger charge is 2.31. The average Bonchev–Trinajstić information content (AvgIpc) is 2.99. The third-order valence-electron chi connectivity index (χ3n) is 3.79. The van der Waals surface area contributed by atoms with Crippen molar-refractivity contribution in [3.63, 3.8) is 0 Å². The monoisotopic (exact) mass is 324 g/mol. The van der Waals surface area contributed by atoms with Crippen molar-refractivity contribution >= 4 is 11.8 Å². The van der Waals surface area contributed by atoms with E-state index >= 15 is 0 Å². The molecule has 3 nitrogen and oxygen atoms in total. The summed E-state index contributed by atoms with van der Waals surface area (Å²) in [5.74, 6) is -1.19. The molecule has 0 aliphatic heterocycles. The number of nitrogens with zero attached hydrogens (tertiary/aromatic N) is 1. The van der Waals surface area contributed by atoms with E-state index in [1.54, 1.807) is 24.0 Å². The Balaban J connectivity index is 1.90. The molecule has 0 bridgehead atoms. The lowest BCUT2D eigenvalue weighted by Crippen LogP contribution is -2.46. The van der Waals surface area contributed by atoms with E-state index in [-0.39, 0.29) is 17.1 Å². The summed E-state index contributed by atoms with van der Waals surface area (Å²) in [5.41, 5.74) is 2.14. The van der Waals surface area contributed by atoms with Gasteiger partial charge < -0.3 is 5.11 Å². The first-order valence-corrected chi connectivity index (χ1v) is 8.00. The molecule has 1 aromatic heterocycles. The highest BCUT2D eigenvalue weighted by Crippen LogP contribution is 2.32. The van der Waals surface area contributed by atoms with Crippen molar-refractivity contribution in [2.75, 3.05) is 7.11 Å². The second-order valence-corrected chi connectivity index (χ2v) is 6.12. The Bertz CT molecular complexity index is 722. The summed E-state index contributed by atoms with van der Waals surface area (Å²) in [6.07, 6.45) is 2.63. The Morgan fingerprint density at radius 1 is 1.32 bits per heavy atom. The summed E-state index contributed by atoms with van der Waals surface area (Å²) < 4.78 is 28.6. The van der Waals surface area contributed by atoms with E-state index in [0.29, 0.717) is 5.03 Å². The van der Waals surface area contributed by atoms with Gasteiger partial charge in [0.2, 0.25) is 5.69 Å². The van der Waals surface area contributed by atoms with E-state index in [0.717, 1.165) is 36.6 Å². The summed E-state index contributed by atoms with van der Waals surface area (Å²) in [7, 11) is 1.56. The highest BCUT2D eigenvalue weighted by molar-refractivity contribution is 7.98. The topological polar surface area (TPSA) is 33.3 Å². The lowest BCUT2D eigenvalue weighted by atomic mass is 10.2. The SMILES string of the molecule is CO[n+]1c(SCc2cccc(F)c2F)cc(O)c2c1CCC2. The van der Waals surface area contributed by atoms with Crippen LogP contribution in [0.15, 0.2) is 29.3 Å². The molecule has 0 atom stereocenters. The molecule has 0 saturated carbocycles. The molecule has 3 rings (SSSR count). The van der Waals surface area contributed by atoms with Gasteiger partial charge in [-0.25, -0.2) is 8.78 Å². The summed E-state index contributed by atoms with van der Waals surface area (Å²) in [6, 6.07) is 5.75. The number of hydrogen-bond donors (Lipinski definition) is 1. The van der Waals surface area contributed by atoms with E-state index in [4.69, 9.17) is 4.84 Å².